The fourth-order valence-electron chi connectivity index (χ4n) is 1.84. The monoisotopic (exact) mass is 209 g/mol. The average Bonchev–Trinajstić information content (AvgIpc) is 2.63. The van der Waals surface area contributed by atoms with E-state index >= 15 is 0 Å². The van der Waals surface area contributed by atoms with Gasteiger partial charge in [-0.2, -0.15) is 0 Å². The van der Waals surface area contributed by atoms with E-state index in [0.29, 0.717) is 6.54 Å². The molecule has 0 aromatic carbocycles. The van der Waals surface area contributed by atoms with Crippen LogP contribution in [-0.2, 0) is 6.54 Å². The Balaban J connectivity index is 1.92. The second kappa shape index (κ2) is 4.24. The van der Waals surface area contributed by atoms with Gasteiger partial charge in [-0.25, -0.2) is 4.39 Å². The molecule has 1 saturated heterocycles. The van der Waals surface area contributed by atoms with Crippen molar-refractivity contribution < 1.29 is 4.39 Å². The minimum absolute atomic E-state index is 0.131. The number of pyridine rings is 1. The molecule has 1 unspecified atom stereocenters. The van der Waals surface area contributed by atoms with E-state index in [0.717, 1.165) is 25.1 Å². The van der Waals surface area contributed by atoms with E-state index in [1.54, 1.807) is 6.20 Å². The summed E-state index contributed by atoms with van der Waals surface area (Å²) in [6.45, 7) is 4.86. The lowest BCUT2D eigenvalue weighted by atomic mass is 10.0. The Labute approximate surface area is 89.1 Å². The number of nitrogens with one attached hydrogen (secondary N) is 2. The summed E-state index contributed by atoms with van der Waals surface area (Å²) in [5.74, 6) is -0.274. The Morgan fingerprint density at radius 3 is 3.13 bits per heavy atom. The van der Waals surface area contributed by atoms with Gasteiger partial charge in [0.05, 0.1) is 6.20 Å². The highest BCUT2D eigenvalue weighted by atomic mass is 19.1. The van der Waals surface area contributed by atoms with Crippen molar-refractivity contribution in [2.24, 2.45) is 0 Å². The maximum absolute atomic E-state index is 12.9. The van der Waals surface area contributed by atoms with Crippen molar-refractivity contribution in [3.05, 3.63) is 29.8 Å². The van der Waals surface area contributed by atoms with Crippen LogP contribution in [0, 0.1) is 5.82 Å². The SMILES string of the molecule is CC1(NCc2cncc(F)c2)CCNC1. The van der Waals surface area contributed by atoms with E-state index < -0.39 is 0 Å². The summed E-state index contributed by atoms with van der Waals surface area (Å²) < 4.78 is 12.9. The molecular formula is C11H16FN3. The molecule has 1 atom stereocenters. The molecule has 2 rings (SSSR count). The van der Waals surface area contributed by atoms with Crippen LogP contribution in [0.1, 0.15) is 18.9 Å². The molecule has 0 aliphatic carbocycles. The van der Waals surface area contributed by atoms with Crippen molar-refractivity contribution in [2.75, 3.05) is 13.1 Å². The number of nitrogens with zero attached hydrogens (tertiary/aromatic N) is 1. The second-order valence-electron chi connectivity index (χ2n) is 4.35. The van der Waals surface area contributed by atoms with Gasteiger partial charge in [0.15, 0.2) is 0 Å². The van der Waals surface area contributed by atoms with Crippen LogP contribution in [0.5, 0.6) is 0 Å². The molecule has 82 valence electrons. The zero-order valence-corrected chi connectivity index (χ0v) is 8.89. The third-order valence-electron chi connectivity index (χ3n) is 2.85. The maximum atomic E-state index is 12.9. The molecule has 1 aromatic rings. The fourth-order valence-corrected chi connectivity index (χ4v) is 1.84. The molecule has 0 spiro atoms. The fraction of sp³-hybridized carbons (Fsp3) is 0.545. The zero-order valence-electron chi connectivity index (χ0n) is 8.89. The van der Waals surface area contributed by atoms with Crippen LogP contribution in [0.25, 0.3) is 0 Å². The van der Waals surface area contributed by atoms with Gasteiger partial charge >= 0.3 is 0 Å². The van der Waals surface area contributed by atoms with E-state index in [1.165, 1.54) is 12.3 Å². The van der Waals surface area contributed by atoms with Crippen LogP contribution in [-0.4, -0.2) is 23.6 Å². The van der Waals surface area contributed by atoms with Gasteiger partial charge in [-0.05, 0) is 31.5 Å². The summed E-state index contributed by atoms with van der Waals surface area (Å²) in [5.41, 5.74) is 1.02. The highest BCUT2D eigenvalue weighted by molar-refractivity contribution is 5.10. The Morgan fingerprint density at radius 1 is 1.60 bits per heavy atom. The topological polar surface area (TPSA) is 37.0 Å². The van der Waals surface area contributed by atoms with E-state index in [9.17, 15) is 4.39 Å². The van der Waals surface area contributed by atoms with E-state index in [4.69, 9.17) is 0 Å². The molecule has 1 aromatic heterocycles. The Hall–Kier alpha value is -1.00. The first-order valence-electron chi connectivity index (χ1n) is 5.23. The lowest BCUT2D eigenvalue weighted by molar-refractivity contribution is 0.385. The summed E-state index contributed by atoms with van der Waals surface area (Å²) in [7, 11) is 0. The average molecular weight is 209 g/mol. The lowest BCUT2D eigenvalue weighted by Crippen LogP contribution is -2.43. The number of hydrogen-bond donors (Lipinski definition) is 2. The second-order valence-corrected chi connectivity index (χ2v) is 4.35. The first-order valence-corrected chi connectivity index (χ1v) is 5.23. The summed E-state index contributed by atoms with van der Waals surface area (Å²) in [6.07, 6.45) is 4.03. The highest BCUT2D eigenvalue weighted by Crippen LogP contribution is 2.14. The van der Waals surface area contributed by atoms with Crippen LogP contribution < -0.4 is 10.6 Å². The van der Waals surface area contributed by atoms with Crippen molar-refractivity contribution in [2.45, 2.75) is 25.4 Å². The normalized spacial score (nSPS) is 25.7. The molecule has 2 N–H and O–H groups in total. The minimum Gasteiger partial charge on any atom is -0.315 e. The van der Waals surface area contributed by atoms with E-state index in [2.05, 4.69) is 22.5 Å². The van der Waals surface area contributed by atoms with Crippen LogP contribution in [0.2, 0.25) is 0 Å². The van der Waals surface area contributed by atoms with Gasteiger partial charge in [-0.3, -0.25) is 4.98 Å². The van der Waals surface area contributed by atoms with Crippen LogP contribution in [0.3, 0.4) is 0 Å². The Kier molecular flexibility index (Phi) is 2.98. The van der Waals surface area contributed by atoms with Gasteiger partial charge in [-0.1, -0.05) is 0 Å². The first kappa shape index (κ1) is 10.5. The smallest absolute Gasteiger partial charge is 0.141 e. The molecule has 1 aliphatic heterocycles. The first-order chi connectivity index (χ1) is 7.18. The van der Waals surface area contributed by atoms with Gasteiger partial charge in [0.1, 0.15) is 5.82 Å². The summed E-state index contributed by atoms with van der Waals surface area (Å²) >= 11 is 0. The van der Waals surface area contributed by atoms with E-state index in [-0.39, 0.29) is 11.4 Å². The molecule has 4 heteroatoms. The van der Waals surface area contributed by atoms with Gasteiger partial charge in [0.25, 0.3) is 0 Å². The Morgan fingerprint density at radius 2 is 2.47 bits per heavy atom. The third kappa shape index (κ3) is 2.73. The molecule has 0 amide bonds. The highest BCUT2D eigenvalue weighted by Gasteiger charge is 2.27. The molecule has 15 heavy (non-hydrogen) atoms. The van der Waals surface area contributed by atoms with Crippen molar-refractivity contribution in [1.82, 2.24) is 15.6 Å². The van der Waals surface area contributed by atoms with Crippen LogP contribution in [0.15, 0.2) is 18.5 Å². The molecule has 0 saturated carbocycles. The lowest BCUT2D eigenvalue weighted by Gasteiger charge is -2.24. The summed E-state index contributed by atoms with van der Waals surface area (Å²) in [4.78, 5) is 3.82. The minimum atomic E-state index is -0.274. The van der Waals surface area contributed by atoms with E-state index in [1.807, 2.05) is 0 Å². The van der Waals surface area contributed by atoms with Gasteiger partial charge < -0.3 is 10.6 Å². The number of aromatic nitrogens is 1. The van der Waals surface area contributed by atoms with Crippen molar-refractivity contribution >= 4 is 0 Å². The summed E-state index contributed by atoms with van der Waals surface area (Å²) in [6, 6.07) is 1.52. The van der Waals surface area contributed by atoms with Crippen molar-refractivity contribution in [3.63, 3.8) is 0 Å². The van der Waals surface area contributed by atoms with Crippen LogP contribution >= 0.6 is 0 Å². The molecule has 0 radical (unpaired) electrons. The van der Waals surface area contributed by atoms with Gasteiger partial charge in [-0.15, -0.1) is 0 Å². The maximum Gasteiger partial charge on any atom is 0.141 e. The predicted molar refractivity (Wildman–Crippen MR) is 56.9 cm³/mol. The van der Waals surface area contributed by atoms with Gasteiger partial charge in [0.2, 0.25) is 0 Å². The number of hydrogen-bond acceptors (Lipinski definition) is 3. The third-order valence-corrected chi connectivity index (χ3v) is 2.85. The molecule has 3 nitrogen and oxygen atoms in total. The van der Waals surface area contributed by atoms with Gasteiger partial charge in [0, 0.05) is 24.8 Å². The predicted octanol–water partition coefficient (Wildman–Crippen LogP) is 1.06. The molecule has 1 aliphatic rings. The number of halogens is 1. The molecule has 2 heterocycles. The summed E-state index contributed by atoms with van der Waals surface area (Å²) in [5, 5.41) is 6.74. The quantitative estimate of drug-likeness (QED) is 0.781. The van der Waals surface area contributed by atoms with Crippen LogP contribution in [0.4, 0.5) is 4.39 Å². The van der Waals surface area contributed by atoms with Crippen molar-refractivity contribution in [1.29, 1.82) is 0 Å². The Bertz CT molecular complexity index is 334. The van der Waals surface area contributed by atoms with Crippen molar-refractivity contribution in [3.8, 4) is 0 Å². The largest absolute Gasteiger partial charge is 0.315 e. The molecular weight excluding hydrogens is 193 g/mol. The molecule has 0 bridgehead atoms. The zero-order chi connectivity index (χ0) is 10.7. The standard InChI is InChI=1S/C11H16FN3/c1-11(2-3-13-8-11)15-6-9-4-10(12)7-14-5-9/h4-5,7,13,15H,2-3,6,8H2,1H3. The number of rotatable bonds is 3. The molecule has 1 fully saturated rings.